The Labute approximate surface area is 145 Å². The molecule has 1 aliphatic heterocycles. The number of nitrogens with zero attached hydrogens (tertiary/aromatic N) is 3. The van der Waals surface area contributed by atoms with E-state index in [1.165, 1.54) is 5.56 Å². The van der Waals surface area contributed by atoms with Crippen LogP contribution in [0.5, 0.6) is 5.75 Å². The van der Waals surface area contributed by atoms with Gasteiger partial charge in [0, 0.05) is 30.6 Å². The Bertz CT molecular complexity index is 851. The van der Waals surface area contributed by atoms with E-state index in [9.17, 15) is 4.79 Å². The minimum absolute atomic E-state index is 0.0151. The van der Waals surface area contributed by atoms with Gasteiger partial charge in [0.05, 0.1) is 12.2 Å². The molecular formula is C19H18N4O2. The number of ether oxygens (including phenoxy) is 1. The first-order valence-corrected chi connectivity index (χ1v) is 8.23. The van der Waals surface area contributed by atoms with Crippen molar-refractivity contribution in [2.75, 3.05) is 6.54 Å². The lowest BCUT2D eigenvalue weighted by Gasteiger charge is -2.13. The normalized spacial score (nSPS) is 15.4. The van der Waals surface area contributed by atoms with Crippen LogP contribution in [0.4, 0.5) is 0 Å². The molecule has 1 atom stereocenters. The van der Waals surface area contributed by atoms with E-state index in [1.54, 1.807) is 23.3 Å². The van der Waals surface area contributed by atoms with Crippen LogP contribution in [0.25, 0.3) is 11.3 Å². The van der Waals surface area contributed by atoms with E-state index < -0.39 is 0 Å². The number of hydrogen-bond acceptors (Lipinski definition) is 4. The van der Waals surface area contributed by atoms with E-state index in [-0.39, 0.29) is 18.6 Å². The summed E-state index contributed by atoms with van der Waals surface area (Å²) in [5.41, 5.74) is 3.06. The number of pyridine rings is 1. The summed E-state index contributed by atoms with van der Waals surface area (Å²) in [6, 6.07) is 13.7. The number of para-hydroxylation sites is 1. The highest BCUT2D eigenvalue weighted by Crippen LogP contribution is 2.27. The fourth-order valence-corrected chi connectivity index (χ4v) is 3.01. The summed E-state index contributed by atoms with van der Waals surface area (Å²) < 4.78 is 7.53. The fraction of sp³-hybridized carbons (Fsp3) is 0.211. The molecule has 1 N–H and O–H groups in total. The lowest BCUT2D eigenvalue weighted by Crippen LogP contribution is -2.36. The van der Waals surface area contributed by atoms with E-state index in [0.29, 0.717) is 6.54 Å². The Kier molecular flexibility index (Phi) is 4.16. The molecular weight excluding hydrogens is 316 g/mol. The molecule has 3 aromatic rings. The lowest BCUT2D eigenvalue weighted by molar-refractivity contribution is -0.122. The summed E-state index contributed by atoms with van der Waals surface area (Å²) in [6.07, 6.45) is 5.95. The predicted molar refractivity (Wildman–Crippen MR) is 93.0 cm³/mol. The van der Waals surface area contributed by atoms with Crippen molar-refractivity contribution in [3.8, 4) is 17.0 Å². The smallest absolute Gasteiger partial charge is 0.241 e. The molecule has 1 amide bonds. The summed E-state index contributed by atoms with van der Waals surface area (Å²) in [5.74, 6) is 0.826. The molecule has 0 radical (unpaired) electrons. The topological polar surface area (TPSA) is 69.0 Å². The molecule has 2 aromatic heterocycles. The van der Waals surface area contributed by atoms with Crippen LogP contribution in [0, 0.1) is 0 Å². The van der Waals surface area contributed by atoms with Crippen molar-refractivity contribution in [3.63, 3.8) is 0 Å². The monoisotopic (exact) mass is 334 g/mol. The van der Waals surface area contributed by atoms with Crippen molar-refractivity contribution in [1.29, 1.82) is 0 Å². The third-order valence-corrected chi connectivity index (χ3v) is 4.23. The van der Waals surface area contributed by atoms with Gasteiger partial charge < -0.3 is 10.1 Å². The summed E-state index contributed by atoms with van der Waals surface area (Å²) in [7, 11) is 0. The van der Waals surface area contributed by atoms with Crippen molar-refractivity contribution >= 4 is 5.91 Å². The molecule has 0 fully saturated rings. The van der Waals surface area contributed by atoms with Gasteiger partial charge in [0.25, 0.3) is 0 Å². The Balaban J connectivity index is 1.34. The Morgan fingerprint density at radius 2 is 2.00 bits per heavy atom. The number of benzene rings is 1. The van der Waals surface area contributed by atoms with Crippen molar-refractivity contribution in [2.45, 2.75) is 19.1 Å². The molecule has 0 bridgehead atoms. The number of nitrogens with one attached hydrogen (secondary N) is 1. The molecule has 0 saturated carbocycles. The molecule has 0 spiro atoms. The molecule has 25 heavy (non-hydrogen) atoms. The maximum absolute atomic E-state index is 12.3. The van der Waals surface area contributed by atoms with E-state index in [2.05, 4.69) is 21.5 Å². The molecule has 3 heterocycles. The van der Waals surface area contributed by atoms with Crippen molar-refractivity contribution in [3.05, 3.63) is 66.6 Å². The zero-order valence-electron chi connectivity index (χ0n) is 13.6. The van der Waals surface area contributed by atoms with Crippen molar-refractivity contribution in [1.82, 2.24) is 20.1 Å². The van der Waals surface area contributed by atoms with Crippen LogP contribution in [-0.2, 0) is 17.8 Å². The lowest BCUT2D eigenvalue weighted by atomic mass is 10.1. The Morgan fingerprint density at radius 1 is 1.16 bits per heavy atom. The average molecular weight is 334 g/mol. The second kappa shape index (κ2) is 6.76. The van der Waals surface area contributed by atoms with Gasteiger partial charge in [0.15, 0.2) is 0 Å². The summed E-state index contributed by atoms with van der Waals surface area (Å²) >= 11 is 0. The van der Waals surface area contributed by atoms with Gasteiger partial charge in [-0.15, -0.1) is 0 Å². The van der Waals surface area contributed by atoms with Crippen molar-refractivity contribution < 1.29 is 9.53 Å². The summed E-state index contributed by atoms with van der Waals surface area (Å²) in [4.78, 5) is 16.3. The number of rotatable bonds is 5. The molecule has 0 saturated heterocycles. The van der Waals surface area contributed by atoms with Gasteiger partial charge in [0.2, 0.25) is 5.91 Å². The van der Waals surface area contributed by atoms with Crippen LogP contribution in [0.3, 0.4) is 0 Å². The van der Waals surface area contributed by atoms with Gasteiger partial charge in [-0.3, -0.25) is 14.5 Å². The molecule has 4 rings (SSSR count). The molecule has 1 aliphatic rings. The number of carbonyl (C=O) groups is 1. The van der Waals surface area contributed by atoms with Gasteiger partial charge >= 0.3 is 0 Å². The maximum Gasteiger partial charge on any atom is 0.241 e. The largest absolute Gasteiger partial charge is 0.488 e. The molecule has 1 unspecified atom stereocenters. The second-order valence-corrected chi connectivity index (χ2v) is 5.97. The van der Waals surface area contributed by atoms with Gasteiger partial charge in [-0.2, -0.15) is 5.10 Å². The highest BCUT2D eigenvalue weighted by molar-refractivity contribution is 5.76. The van der Waals surface area contributed by atoms with Crippen LogP contribution in [-0.4, -0.2) is 33.3 Å². The van der Waals surface area contributed by atoms with Crippen LogP contribution in [0.1, 0.15) is 5.56 Å². The first-order valence-electron chi connectivity index (χ1n) is 8.23. The predicted octanol–water partition coefficient (Wildman–Crippen LogP) is 2.06. The highest BCUT2D eigenvalue weighted by atomic mass is 16.5. The van der Waals surface area contributed by atoms with Crippen LogP contribution in [0.15, 0.2) is 61.1 Å². The molecule has 1 aromatic carbocycles. The Morgan fingerprint density at radius 3 is 2.84 bits per heavy atom. The zero-order valence-corrected chi connectivity index (χ0v) is 13.6. The summed E-state index contributed by atoms with van der Waals surface area (Å²) in [6.45, 7) is 0.656. The summed E-state index contributed by atoms with van der Waals surface area (Å²) in [5, 5.41) is 7.19. The third kappa shape index (κ3) is 3.38. The number of carbonyl (C=O) groups excluding carboxylic acids is 1. The standard InChI is InChI=1S/C19H18N4O2/c24-19(21-12-16-11-15-3-1-2-4-18(15)25-16)13-23-17(7-10-22-23)14-5-8-20-9-6-14/h1-10,16H,11-13H2,(H,21,24). The maximum atomic E-state index is 12.3. The first kappa shape index (κ1) is 15.4. The van der Waals surface area contributed by atoms with Gasteiger partial charge in [-0.05, 0) is 29.8 Å². The zero-order chi connectivity index (χ0) is 17.1. The molecule has 6 nitrogen and oxygen atoms in total. The molecule has 0 aliphatic carbocycles. The number of amides is 1. The Hall–Kier alpha value is -3.15. The van der Waals surface area contributed by atoms with Crippen LogP contribution >= 0.6 is 0 Å². The molecule has 126 valence electrons. The molecule has 6 heteroatoms. The van der Waals surface area contributed by atoms with Gasteiger partial charge in [-0.1, -0.05) is 18.2 Å². The van der Waals surface area contributed by atoms with E-state index in [0.717, 1.165) is 23.4 Å². The third-order valence-electron chi connectivity index (χ3n) is 4.23. The first-order chi connectivity index (χ1) is 12.3. The SMILES string of the molecule is O=C(Cn1nccc1-c1ccncc1)NCC1Cc2ccccc2O1. The minimum Gasteiger partial charge on any atom is -0.488 e. The van der Waals surface area contributed by atoms with Crippen molar-refractivity contribution in [2.24, 2.45) is 0 Å². The van der Waals surface area contributed by atoms with E-state index >= 15 is 0 Å². The minimum atomic E-state index is -0.0847. The number of fused-ring (bicyclic) bond motifs is 1. The van der Waals surface area contributed by atoms with Crippen LogP contribution in [0.2, 0.25) is 0 Å². The van der Waals surface area contributed by atoms with Gasteiger partial charge in [-0.25, -0.2) is 0 Å². The van der Waals surface area contributed by atoms with E-state index in [4.69, 9.17) is 4.74 Å². The number of hydrogen-bond donors (Lipinski definition) is 1. The average Bonchev–Trinajstić information content (AvgIpc) is 3.27. The van der Waals surface area contributed by atoms with Crippen LogP contribution < -0.4 is 10.1 Å². The fourth-order valence-electron chi connectivity index (χ4n) is 3.01. The second-order valence-electron chi connectivity index (χ2n) is 5.97. The number of aromatic nitrogens is 3. The van der Waals surface area contributed by atoms with Gasteiger partial charge in [0.1, 0.15) is 18.4 Å². The quantitative estimate of drug-likeness (QED) is 0.775. The van der Waals surface area contributed by atoms with E-state index in [1.807, 2.05) is 36.4 Å². The highest BCUT2D eigenvalue weighted by Gasteiger charge is 2.22.